The molecule has 0 saturated heterocycles. The number of benzene rings is 2. The van der Waals surface area contributed by atoms with Gasteiger partial charge < -0.3 is 5.11 Å². The van der Waals surface area contributed by atoms with E-state index >= 15 is 0 Å². The predicted octanol–water partition coefficient (Wildman–Crippen LogP) is 4.17. The second kappa shape index (κ2) is 6.86. The van der Waals surface area contributed by atoms with E-state index in [0.717, 1.165) is 26.4 Å². The van der Waals surface area contributed by atoms with Gasteiger partial charge in [-0.25, -0.2) is 4.98 Å². The Morgan fingerprint density at radius 3 is 2.42 bits per heavy atom. The Morgan fingerprint density at radius 1 is 1.08 bits per heavy atom. The lowest BCUT2D eigenvalue weighted by Crippen LogP contribution is -2.23. The zero-order valence-corrected chi connectivity index (χ0v) is 15.1. The van der Waals surface area contributed by atoms with Crippen LogP contribution >= 0.6 is 11.3 Å². The molecule has 0 spiro atoms. The number of aliphatic hydroxyl groups is 1. The van der Waals surface area contributed by atoms with Crippen LogP contribution < -0.4 is 5.56 Å². The average molecular weight is 362 g/mol. The summed E-state index contributed by atoms with van der Waals surface area (Å²) in [5.41, 5.74) is 2.70. The van der Waals surface area contributed by atoms with Crippen LogP contribution in [0.15, 0.2) is 71.8 Å². The summed E-state index contributed by atoms with van der Waals surface area (Å²) in [6, 6.07) is 19.4. The third-order valence-electron chi connectivity index (χ3n) is 4.51. The van der Waals surface area contributed by atoms with E-state index in [9.17, 15) is 9.90 Å². The molecule has 2 heterocycles. The Bertz CT molecular complexity index is 1100. The molecule has 130 valence electrons. The summed E-state index contributed by atoms with van der Waals surface area (Å²) in [6.07, 6.45) is 0.780. The van der Waals surface area contributed by atoms with E-state index in [4.69, 9.17) is 0 Å². The zero-order valence-electron chi connectivity index (χ0n) is 14.3. The first kappa shape index (κ1) is 16.7. The Hall–Kier alpha value is -2.76. The molecule has 0 fully saturated rings. The van der Waals surface area contributed by atoms with Crippen LogP contribution in [0.2, 0.25) is 0 Å². The fourth-order valence-corrected chi connectivity index (χ4v) is 4.27. The van der Waals surface area contributed by atoms with E-state index in [0.29, 0.717) is 5.39 Å². The van der Waals surface area contributed by atoms with Crippen LogP contribution in [-0.4, -0.2) is 14.7 Å². The van der Waals surface area contributed by atoms with Crippen molar-refractivity contribution in [1.29, 1.82) is 0 Å². The molecule has 1 unspecified atom stereocenters. The summed E-state index contributed by atoms with van der Waals surface area (Å²) in [7, 11) is 0. The predicted molar refractivity (Wildman–Crippen MR) is 105 cm³/mol. The van der Waals surface area contributed by atoms with Gasteiger partial charge in [-0.3, -0.25) is 9.36 Å². The maximum atomic E-state index is 13.0. The van der Waals surface area contributed by atoms with Crippen LogP contribution in [-0.2, 0) is 6.54 Å². The van der Waals surface area contributed by atoms with Gasteiger partial charge in [0.15, 0.2) is 0 Å². The summed E-state index contributed by atoms with van der Waals surface area (Å²) in [5, 5.41) is 11.1. The van der Waals surface area contributed by atoms with Crippen molar-refractivity contribution in [3.05, 3.63) is 88.5 Å². The Balaban J connectivity index is 1.76. The fourth-order valence-electron chi connectivity index (χ4n) is 3.12. The van der Waals surface area contributed by atoms with E-state index in [1.165, 1.54) is 22.2 Å². The van der Waals surface area contributed by atoms with Crippen LogP contribution in [0, 0.1) is 6.92 Å². The molecule has 5 heteroatoms. The Labute approximate surface area is 155 Å². The summed E-state index contributed by atoms with van der Waals surface area (Å²) in [5.74, 6) is 0. The van der Waals surface area contributed by atoms with Gasteiger partial charge in [-0.1, -0.05) is 60.7 Å². The SMILES string of the molecule is Cc1c(-c2ccccc2)sc2ncn(CC(O)c3ccccc3)c(=O)c12. The number of aromatic nitrogens is 2. The van der Waals surface area contributed by atoms with Crippen molar-refractivity contribution in [3.63, 3.8) is 0 Å². The van der Waals surface area contributed by atoms with Crippen LogP contribution in [0.1, 0.15) is 17.2 Å². The number of aryl methyl sites for hydroxylation is 1. The Morgan fingerprint density at radius 2 is 1.73 bits per heavy atom. The van der Waals surface area contributed by atoms with E-state index in [-0.39, 0.29) is 12.1 Å². The van der Waals surface area contributed by atoms with Gasteiger partial charge >= 0.3 is 0 Å². The van der Waals surface area contributed by atoms with Crippen LogP contribution in [0.4, 0.5) is 0 Å². The van der Waals surface area contributed by atoms with E-state index < -0.39 is 6.10 Å². The fraction of sp³-hybridized carbons (Fsp3) is 0.143. The molecule has 2 aromatic heterocycles. The molecule has 0 radical (unpaired) electrons. The van der Waals surface area contributed by atoms with Crippen molar-refractivity contribution < 1.29 is 5.11 Å². The molecule has 0 amide bonds. The number of hydrogen-bond acceptors (Lipinski definition) is 4. The number of nitrogens with zero attached hydrogens (tertiary/aromatic N) is 2. The highest BCUT2D eigenvalue weighted by Gasteiger charge is 2.17. The standard InChI is InChI=1S/C21H18N2O2S/c1-14-18-20(26-19(14)16-10-6-3-7-11-16)22-13-23(21(18)25)12-17(24)15-8-4-2-5-9-15/h2-11,13,17,24H,12H2,1H3. The minimum atomic E-state index is -0.749. The summed E-state index contributed by atoms with van der Waals surface area (Å²) in [4.78, 5) is 19.2. The molecule has 0 bridgehead atoms. The van der Waals surface area contributed by atoms with Crippen molar-refractivity contribution in [1.82, 2.24) is 9.55 Å². The number of aliphatic hydroxyl groups excluding tert-OH is 1. The van der Waals surface area contributed by atoms with Crippen LogP contribution in [0.5, 0.6) is 0 Å². The molecule has 4 aromatic rings. The van der Waals surface area contributed by atoms with Gasteiger partial charge in [-0.15, -0.1) is 11.3 Å². The molecule has 0 aliphatic heterocycles. The molecular weight excluding hydrogens is 344 g/mol. The average Bonchev–Trinajstić information content (AvgIpc) is 3.02. The number of rotatable bonds is 4. The molecular formula is C21H18N2O2S. The van der Waals surface area contributed by atoms with Gasteiger partial charge in [0.1, 0.15) is 4.83 Å². The van der Waals surface area contributed by atoms with Gasteiger partial charge in [0.25, 0.3) is 5.56 Å². The number of fused-ring (bicyclic) bond motifs is 1. The van der Waals surface area contributed by atoms with Crippen molar-refractivity contribution in [2.45, 2.75) is 19.6 Å². The smallest absolute Gasteiger partial charge is 0.262 e. The summed E-state index contributed by atoms with van der Waals surface area (Å²) in [6.45, 7) is 2.14. The van der Waals surface area contributed by atoms with Crippen LogP contribution in [0.25, 0.3) is 20.7 Å². The highest BCUT2D eigenvalue weighted by atomic mass is 32.1. The topological polar surface area (TPSA) is 55.1 Å². The molecule has 0 aliphatic carbocycles. The van der Waals surface area contributed by atoms with Gasteiger partial charge in [0.05, 0.1) is 24.4 Å². The van der Waals surface area contributed by atoms with Crippen molar-refractivity contribution in [3.8, 4) is 10.4 Å². The first-order valence-corrected chi connectivity index (χ1v) is 9.24. The second-order valence-electron chi connectivity index (χ2n) is 6.23. The third kappa shape index (κ3) is 2.96. The maximum Gasteiger partial charge on any atom is 0.262 e. The van der Waals surface area contributed by atoms with Gasteiger partial charge in [0.2, 0.25) is 0 Å². The van der Waals surface area contributed by atoms with Gasteiger partial charge in [-0.2, -0.15) is 0 Å². The maximum absolute atomic E-state index is 13.0. The lowest BCUT2D eigenvalue weighted by molar-refractivity contribution is 0.155. The van der Waals surface area contributed by atoms with Crippen molar-refractivity contribution in [2.24, 2.45) is 0 Å². The monoisotopic (exact) mass is 362 g/mol. The minimum absolute atomic E-state index is 0.110. The Kier molecular flexibility index (Phi) is 4.41. The molecule has 4 rings (SSSR count). The lowest BCUT2D eigenvalue weighted by Gasteiger charge is -2.12. The van der Waals surface area contributed by atoms with Crippen molar-refractivity contribution >= 4 is 21.6 Å². The highest BCUT2D eigenvalue weighted by molar-refractivity contribution is 7.22. The number of hydrogen-bond donors (Lipinski definition) is 1. The molecule has 1 atom stereocenters. The van der Waals surface area contributed by atoms with Crippen LogP contribution in [0.3, 0.4) is 0 Å². The van der Waals surface area contributed by atoms with E-state index in [1.807, 2.05) is 67.6 Å². The molecule has 2 aromatic carbocycles. The summed E-state index contributed by atoms with van der Waals surface area (Å²) < 4.78 is 1.49. The second-order valence-corrected chi connectivity index (χ2v) is 7.23. The summed E-state index contributed by atoms with van der Waals surface area (Å²) >= 11 is 1.53. The molecule has 0 saturated carbocycles. The first-order chi connectivity index (χ1) is 12.6. The highest BCUT2D eigenvalue weighted by Crippen LogP contribution is 2.35. The number of thiophene rings is 1. The van der Waals surface area contributed by atoms with Gasteiger partial charge in [-0.05, 0) is 23.6 Å². The molecule has 4 nitrogen and oxygen atoms in total. The van der Waals surface area contributed by atoms with Crippen molar-refractivity contribution in [2.75, 3.05) is 0 Å². The molecule has 26 heavy (non-hydrogen) atoms. The molecule has 0 aliphatic rings. The van der Waals surface area contributed by atoms with Gasteiger partial charge in [0, 0.05) is 4.88 Å². The zero-order chi connectivity index (χ0) is 18.1. The lowest BCUT2D eigenvalue weighted by atomic mass is 10.1. The first-order valence-electron chi connectivity index (χ1n) is 8.42. The third-order valence-corrected chi connectivity index (χ3v) is 5.76. The van der Waals surface area contributed by atoms with E-state index in [1.54, 1.807) is 0 Å². The largest absolute Gasteiger partial charge is 0.387 e. The minimum Gasteiger partial charge on any atom is -0.387 e. The quantitative estimate of drug-likeness (QED) is 0.593. The normalized spacial score (nSPS) is 12.4. The molecule has 1 N–H and O–H groups in total. The van der Waals surface area contributed by atoms with E-state index in [2.05, 4.69) is 4.98 Å².